The second kappa shape index (κ2) is 9.54. The monoisotopic (exact) mass is 426 g/mol. The maximum absolute atomic E-state index is 6.31. The van der Waals surface area contributed by atoms with Crippen molar-refractivity contribution in [2.24, 2.45) is 4.99 Å². The van der Waals surface area contributed by atoms with Crippen LogP contribution < -0.4 is 20.1 Å². The molecule has 2 aromatic carbocycles. The number of guanidine groups is 1. The highest BCUT2D eigenvalue weighted by Gasteiger charge is 2.16. The number of aliphatic imine (C=N–C) groups is 1. The van der Waals surface area contributed by atoms with Crippen molar-refractivity contribution in [2.75, 3.05) is 19.8 Å². The largest absolute Gasteiger partial charge is 0.486 e. The number of oxazole rings is 1. The minimum absolute atomic E-state index is 0.444. The van der Waals surface area contributed by atoms with Crippen molar-refractivity contribution in [2.45, 2.75) is 20.0 Å². The third kappa shape index (κ3) is 4.86. The van der Waals surface area contributed by atoms with Gasteiger partial charge in [0.05, 0.1) is 23.8 Å². The van der Waals surface area contributed by atoms with E-state index in [1.807, 2.05) is 49.4 Å². The first-order chi connectivity index (χ1) is 14.7. The highest BCUT2D eigenvalue weighted by molar-refractivity contribution is 6.32. The minimum Gasteiger partial charge on any atom is -0.486 e. The molecule has 8 heteroatoms. The Kier molecular flexibility index (Phi) is 6.39. The molecule has 0 amide bonds. The average Bonchev–Trinajstić information content (AvgIpc) is 3.25. The van der Waals surface area contributed by atoms with Crippen LogP contribution in [0.25, 0.3) is 11.5 Å². The third-order valence-electron chi connectivity index (χ3n) is 4.43. The standard InChI is InChI=1S/C22H23ClN4O3/c1-2-24-22(25-12-15-10-18(23)20-19(11-15)28-8-9-29-20)26-13-17-14-30-21(27-17)16-6-4-3-5-7-16/h3-7,10-11,14H,2,8-9,12-13H2,1H3,(H2,24,25,26). The van der Waals surface area contributed by atoms with Crippen molar-refractivity contribution in [3.8, 4) is 23.0 Å². The molecule has 156 valence electrons. The van der Waals surface area contributed by atoms with Gasteiger partial charge in [-0.2, -0.15) is 0 Å². The lowest BCUT2D eigenvalue weighted by molar-refractivity contribution is 0.171. The van der Waals surface area contributed by atoms with E-state index < -0.39 is 0 Å². The number of fused-ring (bicyclic) bond motifs is 1. The lowest BCUT2D eigenvalue weighted by Gasteiger charge is -2.20. The topological polar surface area (TPSA) is 80.9 Å². The van der Waals surface area contributed by atoms with Crippen LogP contribution in [-0.4, -0.2) is 30.7 Å². The molecule has 4 rings (SSSR count). The summed E-state index contributed by atoms with van der Waals surface area (Å²) in [6, 6.07) is 13.6. The van der Waals surface area contributed by atoms with Crippen LogP contribution in [0.3, 0.4) is 0 Å². The number of rotatable bonds is 6. The fourth-order valence-electron chi connectivity index (χ4n) is 3.04. The summed E-state index contributed by atoms with van der Waals surface area (Å²) < 4.78 is 16.8. The number of nitrogens with zero attached hydrogens (tertiary/aromatic N) is 2. The van der Waals surface area contributed by atoms with Gasteiger partial charge in [-0.15, -0.1) is 0 Å². The van der Waals surface area contributed by atoms with Crippen molar-refractivity contribution in [1.82, 2.24) is 15.6 Å². The first kappa shape index (κ1) is 20.1. The lowest BCUT2D eigenvalue weighted by atomic mass is 10.2. The number of aromatic nitrogens is 1. The first-order valence-corrected chi connectivity index (χ1v) is 10.2. The van der Waals surface area contributed by atoms with E-state index in [0.717, 1.165) is 23.4 Å². The summed E-state index contributed by atoms with van der Waals surface area (Å²) in [7, 11) is 0. The van der Waals surface area contributed by atoms with Crippen molar-refractivity contribution < 1.29 is 13.9 Å². The predicted molar refractivity (Wildman–Crippen MR) is 116 cm³/mol. The van der Waals surface area contributed by atoms with E-state index in [-0.39, 0.29) is 0 Å². The van der Waals surface area contributed by atoms with Gasteiger partial charge in [-0.3, -0.25) is 0 Å². The van der Waals surface area contributed by atoms with Crippen molar-refractivity contribution >= 4 is 17.6 Å². The van der Waals surface area contributed by atoms with Crippen molar-refractivity contribution in [1.29, 1.82) is 0 Å². The molecule has 0 bridgehead atoms. The molecule has 0 radical (unpaired) electrons. The number of hydrogen-bond acceptors (Lipinski definition) is 5. The van der Waals surface area contributed by atoms with Crippen molar-refractivity contribution in [3.63, 3.8) is 0 Å². The normalized spacial score (nSPS) is 13.2. The lowest BCUT2D eigenvalue weighted by Crippen LogP contribution is -2.36. The highest BCUT2D eigenvalue weighted by atomic mass is 35.5. The molecule has 1 aliphatic rings. The SMILES string of the molecule is CCNC(=NCc1cc(Cl)c2c(c1)OCCO2)NCc1coc(-c2ccccc2)n1. The van der Waals surface area contributed by atoms with Gasteiger partial charge < -0.3 is 24.5 Å². The summed E-state index contributed by atoms with van der Waals surface area (Å²) in [5, 5.41) is 7.04. The summed E-state index contributed by atoms with van der Waals surface area (Å²) in [6.45, 7) is 4.71. The quantitative estimate of drug-likeness (QED) is 0.457. The van der Waals surface area contributed by atoms with Crippen LogP contribution in [0.15, 0.2) is 58.1 Å². The molecular weight excluding hydrogens is 404 g/mol. The van der Waals surface area contributed by atoms with Gasteiger partial charge in [0.2, 0.25) is 5.89 Å². The van der Waals surface area contributed by atoms with Gasteiger partial charge in [0.25, 0.3) is 0 Å². The van der Waals surface area contributed by atoms with Crippen LogP contribution in [0.5, 0.6) is 11.5 Å². The molecule has 7 nitrogen and oxygen atoms in total. The average molecular weight is 427 g/mol. The highest BCUT2D eigenvalue weighted by Crippen LogP contribution is 2.38. The zero-order valence-electron chi connectivity index (χ0n) is 16.7. The van der Waals surface area contributed by atoms with Crippen LogP contribution >= 0.6 is 11.6 Å². The van der Waals surface area contributed by atoms with E-state index in [1.54, 1.807) is 6.26 Å². The van der Waals surface area contributed by atoms with E-state index >= 15 is 0 Å². The van der Waals surface area contributed by atoms with Gasteiger partial charge in [-0.1, -0.05) is 29.8 Å². The van der Waals surface area contributed by atoms with E-state index in [9.17, 15) is 0 Å². The Hall–Kier alpha value is -3.19. The molecule has 0 atom stereocenters. The van der Waals surface area contributed by atoms with Gasteiger partial charge in [-0.05, 0) is 36.8 Å². The molecule has 1 aromatic heterocycles. The Balaban J connectivity index is 1.41. The molecule has 2 heterocycles. The summed E-state index contributed by atoms with van der Waals surface area (Å²) >= 11 is 6.31. The van der Waals surface area contributed by atoms with Gasteiger partial charge in [0, 0.05) is 12.1 Å². The Morgan fingerprint density at radius 3 is 2.80 bits per heavy atom. The zero-order valence-corrected chi connectivity index (χ0v) is 17.4. The van der Waals surface area contributed by atoms with Crippen LogP contribution in [0, 0.1) is 0 Å². The van der Waals surface area contributed by atoms with Crippen LogP contribution in [-0.2, 0) is 13.1 Å². The molecule has 0 aliphatic carbocycles. The van der Waals surface area contributed by atoms with Gasteiger partial charge in [-0.25, -0.2) is 9.98 Å². The summed E-state index contributed by atoms with van der Waals surface area (Å²) in [5.41, 5.74) is 2.68. The smallest absolute Gasteiger partial charge is 0.226 e. The molecule has 0 unspecified atom stereocenters. The van der Waals surface area contributed by atoms with Crippen LogP contribution in [0.4, 0.5) is 0 Å². The zero-order chi connectivity index (χ0) is 20.8. The predicted octanol–water partition coefficient (Wildman–Crippen LogP) is 4.02. The van der Waals surface area contributed by atoms with Crippen LogP contribution in [0.1, 0.15) is 18.2 Å². The number of halogens is 1. The second-order valence-electron chi connectivity index (χ2n) is 6.66. The Morgan fingerprint density at radius 1 is 1.13 bits per heavy atom. The summed E-state index contributed by atoms with van der Waals surface area (Å²) in [4.78, 5) is 9.17. The Bertz CT molecular complexity index is 1020. The molecular formula is C22H23ClN4O3. The van der Waals surface area contributed by atoms with E-state index in [2.05, 4.69) is 20.6 Å². The van der Waals surface area contributed by atoms with Gasteiger partial charge in [0.1, 0.15) is 19.5 Å². The maximum atomic E-state index is 6.31. The molecule has 2 N–H and O–H groups in total. The van der Waals surface area contributed by atoms with Crippen LogP contribution in [0.2, 0.25) is 5.02 Å². The maximum Gasteiger partial charge on any atom is 0.226 e. The van der Waals surface area contributed by atoms with Gasteiger partial charge in [0.15, 0.2) is 17.5 Å². The summed E-state index contributed by atoms with van der Waals surface area (Å²) in [5.74, 6) is 2.53. The Morgan fingerprint density at radius 2 is 1.97 bits per heavy atom. The number of benzene rings is 2. The molecule has 0 saturated heterocycles. The number of hydrogen-bond donors (Lipinski definition) is 2. The fraction of sp³-hybridized carbons (Fsp3) is 0.273. The fourth-order valence-corrected chi connectivity index (χ4v) is 3.33. The van der Waals surface area contributed by atoms with E-state index in [0.29, 0.717) is 54.7 Å². The molecule has 3 aromatic rings. The van der Waals surface area contributed by atoms with Gasteiger partial charge >= 0.3 is 0 Å². The Labute approximate surface area is 180 Å². The van der Waals surface area contributed by atoms with E-state index in [4.69, 9.17) is 25.5 Å². The second-order valence-corrected chi connectivity index (χ2v) is 7.07. The molecule has 1 aliphatic heterocycles. The number of ether oxygens (including phenoxy) is 2. The first-order valence-electron chi connectivity index (χ1n) is 9.83. The minimum atomic E-state index is 0.444. The third-order valence-corrected chi connectivity index (χ3v) is 4.71. The molecule has 0 fully saturated rings. The molecule has 0 spiro atoms. The molecule has 30 heavy (non-hydrogen) atoms. The van der Waals surface area contributed by atoms with Crippen molar-refractivity contribution in [3.05, 3.63) is 65.0 Å². The molecule has 0 saturated carbocycles. The van der Waals surface area contributed by atoms with E-state index in [1.165, 1.54) is 0 Å². The summed E-state index contributed by atoms with van der Waals surface area (Å²) in [6.07, 6.45) is 1.65. The number of nitrogens with one attached hydrogen (secondary N) is 2.